The van der Waals surface area contributed by atoms with Gasteiger partial charge in [0.25, 0.3) is 5.91 Å². The SMILES string of the molecule is COc1ccc(C(C)(C)C)cc1NC(=O)c1ccc(-c2ccc(C(C)=O)cc2)o1. The summed E-state index contributed by atoms with van der Waals surface area (Å²) in [5.41, 5.74) is 3.04. The predicted octanol–water partition coefficient (Wildman–Crippen LogP) is 5.71. The van der Waals surface area contributed by atoms with Crippen LogP contribution in [0.2, 0.25) is 0 Å². The van der Waals surface area contributed by atoms with Crippen LogP contribution in [0, 0.1) is 0 Å². The van der Waals surface area contributed by atoms with Crippen molar-refractivity contribution in [3.05, 3.63) is 71.5 Å². The van der Waals surface area contributed by atoms with E-state index in [-0.39, 0.29) is 22.9 Å². The maximum atomic E-state index is 12.7. The highest BCUT2D eigenvalue weighted by atomic mass is 16.5. The highest BCUT2D eigenvalue weighted by Crippen LogP contribution is 2.32. The summed E-state index contributed by atoms with van der Waals surface area (Å²) in [5.74, 6) is 0.973. The second-order valence-corrected chi connectivity index (χ2v) is 7.92. The highest BCUT2D eigenvalue weighted by Gasteiger charge is 2.19. The molecule has 0 radical (unpaired) electrons. The van der Waals surface area contributed by atoms with Crippen molar-refractivity contribution in [1.29, 1.82) is 0 Å². The average molecular weight is 391 g/mol. The molecule has 1 heterocycles. The van der Waals surface area contributed by atoms with E-state index in [1.54, 1.807) is 43.5 Å². The first-order chi connectivity index (χ1) is 13.7. The van der Waals surface area contributed by atoms with Crippen LogP contribution in [0.4, 0.5) is 5.69 Å². The second kappa shape index (κ2) is 7.95. The monoisotopic (exact) mass is 391 g/mol. The molecule has 5 heteroatoms. The number of anilines is 1. The van der Waals surface area contributed by atoms with Gasteiger partial charge < -0.3 is 14.5 Å². The lowest BCUT2D eigenvalue weighted by atomic mass is 9.87. The van der Waals surface area contributed by atoms with Gasteiger partial charge in [0.05, 0.1) is 12.8 Å². The highest BCUT2D eigenvalue weighted by molar-refractivity contribution is 6.03. The molecular formula is C24H25NO4. The van der Waals surface area contributed by atoms with Gasteiger partial charge in [-0.2, -0.15) is 0 Å². The molecule has 5 nitrogen and oxygen atoms in total. The molecule has 0 unspecified atom stereocenters. The van der Waals surface area contributed by atoms with Crippen LogP contribution < -0.4 is 10.1 Å². The summed E-state index contributed by atoms with van der Waals surface area (Å²) in [6, 6.07) is 16.2. The largest absolute Gasteiger partial charge is 0.495 e. The number of hydrogen-bond acceptors (Lipinski definition) is 4. The van der Waals surface area contributed by atoms with Crippen molar-refractivity contribution in [3.8, 4) is 17.1 Å². The number of amides is 1. The third-order valence-corrected chi connectivity index (χ3v) is 4.72. The molecule has 0 atom stereocenters. The van der Waals surface area contributed by atoms with Crippen LogP contribution in [0.5, 0.6) is 5.75 Å². The van der Waals surface area contributed by atoms with Gasteiger partial charge in [0.2, 0.25) is 0 Å². The van der Waals surface area contributed by atoms with E-state index in [0.29, 0.717) is 22.8 Å². The maximum Gasteiger partial charge on any atom is 0.291 e. The summed E-state index contributed by atoms with van der Waals surface area (Å²) >= 11 is 0. The Morgan fingerprint density at radius 2 is 1.66 bits per heavy atom. The normalized spacial score (nSPS) is 11.2. The minimum absolute atomic E-state index is 0.00231. The molecule has 1 N–H and O–H groups in total. The standard InChI is InChI=1S/C24H25NO4/c1-15(26)16-6-8-17(9-7-16)20-12-13-22(29-20)23(27)25-19-14-18(24(2,3)4)10-11-21(19)28-5/h6-14H,1-5H3,(H,25,27). The van der Waals surface area contributed by atoms with E-state index in [4.69, 9.17) is 9.15 Å². The molecule has 150 valence electrons. The summed E-state index contributed by atoms with van der Waals surface area (Å²) in [6.07, 6.45) is 0. The van der Waals surface area contributed by atoms with Crippen LogP contribution in [0.25, 0.3) is 11.3 Å². The van der Waals surface area contributed by atoms with Crippen LogP contribution in [0.1, 0.15) is 54.2 Å². The molecule has 0 bridgehead atoms. The Labute approximate surface area is 170 Å². The molecule has 0 aliphatic heterocycles. The molecule has 0 aliphatic rings. The van der Waals surface area contributed by atoms with Gasteiger partial charge in [-0.15, -0.1) is 0 Å². The van der Waals surface area contributed by atoms with Gasteiger partial charge >= 0.3 is 0 Å². The topological polar surface area (TPSA) is 68.5 Å². The second-order valence-electron chi connectivity index (χ2n) is 7.92. The van der Waals surface area contributed by atoms with Crippen LogP contribution in [0.3, 0.4) is 0 Å². The molecule has 0 aliphatic carbocycles. The van der Waals surface area contributed by atoms with Crippen LogP contribution in [-0.2, 0) is 5.41 Å². The first kappa shape index (κ1) is 20.4. The molecule has 29 heavy (non-hydrogen) atoms. The summed E-state index contributed by atoms with van der Waals surface area (Å²) < 4.78 is 11.1. The lowest BCUT2D eigenvalue weighted by molar-refractivity contribution is 0.0994. The molecule has 2 aromatic carbocycles. The number of benzene rings is 2. The van der Waals surface area contributed by atoms with Gasteiger partial charge in [-0.1, -0.05) is 51.1 Å². The molecule has 1 amide bonds. The third-order valence-electron chi connectivity index (χ3n) is 4.72. The average Bonchev–Trinajstić information content (AvgIpc) is 3.17. The number of nitrogens with one attached hydrogen (secondary N) is 1. The van der Waals surface area contributed by atoms with E-state index in [9.17, 15) is 9.59 Å². The fraction of sp³-hybridized carbons (Fsp3) is 0.250. The first-order valence-electron chi connectivity index (χ1n) is 9.40. The Morgan fingerprint density at radius 1 is 0.966 bits per heavy atom. The lowest BCUT2D eigenvalue weighted by Gasteiger charge is -2.21. The maximum absolute atomic E-state index is 12.7. The zero-order valence-corrected chi connectivity index (χ0v) is 17.3. The van der Waals surface area contributed by atoms with E-state index >= 15 is 0 Å². The molecule has 3 rings (SSSR count). The van der Waals surface area contributed by atoms with Crippen molar-refractivity contribution in [1.82, 2.24) is 0 Å². The van der Waals surface area contributed by atoms with Gasteiger partial charge in [-0.3, -0.25) is 9.59 Å². The molecule has 0 spiro atoms. The molecule has 0 saturated heterocycles. The van der Waals surface area contributed by atoms with Gasteiger partial charge in [0, 0.05) is 11.1 Å². The Hall–Kier alpha value is -3.34. The molecule has 3 aromatic rings. The minimum Gasteiger partial charge on any atom is -0.495 e. The van der Waals surface area contributed by atoms with Gasteiger partial charge in [-0.25, -0.2) is 0 Å². The first-order valence-corrected chi connectivity index (χ1v) is 9.40. The van der Waals surface area contributed by atoms with Crippen molar-refractivity contribution in [2.45, 2.75) is 33.1 Å². The quantitative estimate of drug-likeness (QED) is 0.566. The van der Waals surface area contributed by atoms with E-state index in [2.05, 4.69) is 26.1 Å². The predicted molar refractivity (Wildman–Crippen MR) is 114 cm³/mol. The fourth-order valence-electron chi connectivity index (χ4n) is 2.94. The minimum atomic E-state index is -0.360. The summed E-state index contributed by atoms with van der Waals surface area (Å²) in [5, 5.41) is 2.88. The zero-order chi connectivity index (χ0) is 21.2. The van der Waals surface area contributed by atoms with Crippen molar-refractivity contribution in [3.63, 3.8) is 0 Å². The lowest BCUT2D eigenvalue weighted by Crippen LogP contribution is -2.15. The Morgan fingerprint density at radius 3 is 2.24 bits per heavy atom. The van der Waals surface area contributed by atoms with Crippen LogP contribution >= 0.6 is 0 Å². The Kier molecular flexibility index (Phi) is 5.59. The number of furan rings is 1. The number of ketones is 1. The van der Waals surface area contributed by atoms with E-state index in [1.165, 1.54) is 6.92 Å². The molecule has 0 fully saturated rings. The van der Waals surface area contributed by atoms with Crippen molar-refractivity contribution in [2.75, 3.05) is 12.4 Å². The smallest absolute Gasteiger partial charge is 0.291 e. The zero-order valence-electron chi connectivity index (χ0n) is 17.3. The number of carbonyl (C=O) groups excluding carboxylic acids is 2. The van der Waals surface area contributed by atoms with E-state index in [1.807, 2.05) is 18.2 Å². The van der Waals surface area contributed by atoms with Gasteiger partial charge in [0.15, 0.2) is 11.5 Å². The number of rotatable bonds is 5. The van der Waals surface area contributed by atoms with Gasteiger partial charge in [-0.05, 0) is 42.2 Å². The van der Waals surface area contributed by atoms with Crippen LogP contribution in [0.15, 0.2) is 59.0 Å². The van der Waals surface area contributed by atoms with Gasteiger partial charge in [0.1, 0.15) is 11.5 Å². The number of carbonyl (C=O) groups is 2. The number of methoxy groups -OCH3 is 1. The number of hydrogen-bond donors (Lipinski definition) is 1. The molecule has 1 aromatic heterocycles. The summed E-state index contributed by atoms with van der Waals surface area (Å²) in [4.78, 5) is 24.1. The number of Topliss-reactive ketones (excluding diaryl/α,β-unsaturated/α-hetero) is 1. The summed E-state index contributed by atoms with van der Waals surface area (Å²) in [6.45, 7) is 7.84. The fourth-order valence-corrected chi connectivity index (χ4v) is 2.94. The molecular weight excluding hydrogens is 366 g/mol. The van der Waals surface area contributed by atoms with E-state index < -0.39 is 0 Å². The number of ether oxygens (including phenoxy) is 1. The van der Waals surface area contributed by atoms with E-state index in [0.717, 1.165) is 11.1 Å². The summed E-state index contributed by atoms with van der Waals surface area (Å²) in [7, 11) is 1.57. The Bertz CT molecular complexity index is 1040. The Balaban J connectivity index is 1.83. The van der Waals surface area contributed by atoms with Crippen molar-refractivity contribution < 1.29 is 18.7 Å². The van der Waals surface area contributed by atoms with Crippen molar-refractivity contribution in [2.24, 2.45) is 0 Å². The molecule has 0 saturated carbocycles. The van der Waals surface area contributed by atoms with Crippen molar-refractivity contribution >= 4 is 17.4 Å². The third kappa shape index (κ3) is 4.57. The van der Waals surface area contributed by atoms with Crippen LogP contribution in [-0.4, -0.2) is 18.8 Å².